The molecule has 1 N–H and O–H groups in total. The van der Waals surface area contributed by atoms with E-state index < -0.39 is 0 Å². The van der Waals surface area contributed by atoms with Crippen LogP contribution < -0.4 is 9.47 Å². The van der Waals surface area contributed by atoms with E-state index in [2.05, 4.69) is 15.0 Å². The average molecular weight is 507 g/mol. The van der Waals surface area contributed by atoms with Gasteiger partial charge in [-0.05, 0) is 62.2 Å². The van der Waals surface area contributed by atoms with Gasteiger partial charge in [-0.1, -0.05) is 11.6 Å². The molecule has 4 aromatic rings. The average Bonchev–Trinajstić information content (AvgIpc) is 3.55. The lowest BCUT2D eigenvalue weighted by molar-refractivity contribution is 0.0793. The van der Waals surface area contributed by atoms with E-state index in [-0.39, 0.29) is 12.0 Å². The van der Waals surface area contributed by atoms with Crippen molar-refractivity contribution in [3.8, 4) is 28.6 Å². The van der Waals surface area contributed by atoms with Crippen molar-refractivity contribution in [3.05, 3.63) is 65.3 Å². The number of aromatic amines is 1. The van der Waals surface area contributed by atoms with Gasteiger partial charge in [-0.2, -0.15) is 0 Å². The Labute approximate surface area is 214 Å². The Morgan fingerprint density at radius 1 is 1.14 bits per heavy atom. The zero-order valence-electron chi connectivity index (χ0n) is 20.2. The number of ether oxygens (including phenoxy) is 3. The predicted octanol–water partition coefficient (Wildman–Crippen LogP) is 5.72. The van der Waals surface area contributed by atoms with Crippen LogP contribution in [0.15, 0.2) is 54.7 Å². The topological polar surface area (TPSA) is 89.6 Å². The summed E-state index contributed by atoms with van der Waals surface area (Å²) in [6.07, 6.45) is 3.60. The molecule has 8 nitrogen and oxygen atoms in total. The van der Waals surface area contributed by atoms with E-state index in [1.165, 1.54) is 0 Å². The lowest BCUT2D eigenvalue weighted by Gasteiger charge is -2.17. The number of methoxy groups -OCH3 is 1. The van der Waals surface area contributed by atoms with Gasteiger partial charge in [-0.15, -0.1) is 0 Å². The molecular formula is C27H27ClN4O4. The summed E-state index contributed by atoms with van der Waals surface area (Å²) in [5.41, 5.74) is 2.77. The summed E-state index contributed by atoms with van der Waals surface area (Å²) in [5.74, 6) is 2.17. The van der Waals surface area contributed by atoms with Gasteiger partial charge in [0.1, 0.15) is 29.2 Å². The van der Waals surface area contributed by atoms with Crippen molar-refractivity contribution in [2.24, 2.45) is 0 Å². The van der Waals surface area contributed by atoms with Gasteiger partial charge < -0.3 is 24.1 Å². The smallest absolute Gasteiger partial charge is 0.253 e. The molecule has 1 fully saturated rings. The van der Waals surface area contributed by atoms with Crippen LogP contribution >= 0.6 is 11.6 Å². The summed E-state index contributed by atoms with van der Waals surface area (Å²) in [5, 5.41) is 0.355. The zero-order valence-corrected chi connectivity index (χ0v) is 20.9. The second-order valence-corrected chi connectivity index (χ2v) is 9.19. The lowest BCUT2D eigenvalue weighted by atomic mass is 10.1. The van der Waals surface area contributed by atoms with Crippen molar-refractivity contribution in [1.29, 1.82) is 0 Å². The van der Waals surface area contributed by atoms with Gasteiger partial charge in [0.25, 0.3) is 5.91 Å². The number of benzene rings is 2. The van der Waals surface area contributed by atoms with Crippen molar-refractivity contribution in [1.82, 2.24) is 19.9 Å². The number of amides is 1. The van der Waals surface area contributed by atoms with Crippen molar-refractivity contribution in [2.45, 2.75) is 25.9 Å². The number of pyridine rings is 1. The molecule has 36 heavy (non-hydrogen) atoms. The molecule has 1 aliphatic heterocycles. The monoisotopic (exact) mass is 506 g/mol. The van der Waals surface area contributed by atoms with E-state index >= 15 is 0 Å². The van der Waals surface area contributed by atoms with Crippen LogP contribution in [0.5, 0.6) is 17.2 Å². The van der Waals surface area contributed by atoms with E-state index in [9.17, 15) is 4.79 Å². The molecule has 5 rings (SSSR count). The summed E-state index contributed by atoms with van der Waals surface area (Å²) < 4.78 is 17.4. The summed E-state index contributed by atoms with van der Waals surface area (Å²) in [4.78, 5) is 26.8. The number of nitrogens with zero attached hydrogens (tertiary/aromatic N) is 3. The number of hydrogen-bond donors (Lipinski definition) is 1. The molecule has 2 aromatic heterocycles. The first-order chi connectivity index (χ1) is 17.5. The maximum absolute atomic E-state index is 12.7. The van der Waals surface area contributed by atoms with Crippen LogP contribution in [0.4, 0.5) is 0 Å². The fourth-order valence-corrected chi connectivity index (χ4v) is 4.48. The molecule has 9 heteroatoms. The second kappa shape index (κ2) is 10.6. The Morgan fingerprint density at radius 3 is 2.69 bits per heavy atom. The predicted molar refractivity (Wildman–Crippen MR) is 138 cm³/mol. The van der Waals surface area contributed by atoms with Crippen LogP contribution in [0.2, 0.25) is 5.02 Å². The molecule has 3 heterocycles. The van der Waals surface area contributed by atoms with E-state index in [1.54, 1.807) is 37.6 Å². The molecule has 1 aliphatic rings. The second-order valence-electron chi connectivity index (χ2n) is 8.78. The van der Waals surface area contributed by atoms with Crippen LogP contribution in [-0.2, 0) is 4.74 Å². The van der Waals surface area contributed by atoms with Crippen LogP contribution in [0, 0.1) is 0 Å². The van der Waals surface area contributed by atoms with Gasteiger partial charge in [0.05, 0.1) is 17.1 Å². The molecule has 1 saturated heterocycles. The molecule has 0 radical (unpaired) electrons. The van der Waals surface area contributed by atoms with Gasteiger partial charge in [-0.25, -0.2) is 9.97 Å². The third-order valence-electron chi connectivity index (χ3n) is 5.95. The number of fused-ring (bicyclic) bond motifs is 1. The van der Waals surface area contributed by atoms with Gasteiger partial charge >= 0.3 is 0 Å². The number of carbonyl (C=O) groups is 1. The Bertz CT molecular complexity index is 1350. The van der Waals surface area contributed by atoms with E-state index in [0.717, 1.165) is 37.0 Å². The molecule has 0 saturated carbocycles. The number of rotatable bonds is 8. The molecule has 1 atom stereocenters. The van der Waals surface area contributed by atoms with E-state index in [0.29, 0.717) is 45.9 Å². The van der Waals surface area contributed by atoms with Crippen LogP contribution in [0.25, 0.3) is 22.6 Å². The fourth-order valence-electron chi connectivity index (χ4n) is 4.26. The van der Waals surface area contributed by atoms with E-state index in [4.69, 9.17) is 25.8 Å². The third-order valence-corrected chi connectivity index (χ3v) is 6.24. The highest BCUT2D eigenvalue weighted by atomic mass is 35.5. The number of aromatic nitrogens is 3. The van der Waals surface area contributed by atoms with Crippen LogP contribution in [0.3, 0.4) is 0 Å². The molecule has 1 amide bonds. The Morgan fingerprint density at radius 2 is 1.94 bits per heavy atom. The number of nitrogens with one attached hydrogen (secondary N) is 1. The number of hydrogen-bond acceptors (Lipinski definition) is 6. The van der Waals surface area contributed by atoms with Gasteiger partial charge in [0, 0.05) is 43.6 Å². The van der Waals surface area contributed by atoms with Gasteiger partial charge in [-0.3, -0.25) is 4.79 Å². The highest BCUT2D eigenvalue weighted by Gasteiger charge is 2.21. The van der Waals surface area contributed by atoms with Gasteiger partial charge in [0.2, 0.25) is 0 Å². The quantitative estimate of drug-likeness (QED) is 0.329. The molecule has 0 aliphatic carbocycles. The van der Waals surface area contributed by atoms with Crippen molar-refractivity contribution in [2.75, 3.05) is 26.8 Å². The first-order valence-corrected chi connectivity index (χ1v) is 12.3. The highest BCUT2D eigenvalue weighted by molar-refractivity contribution is 6.32. The number of H-pyrrole nitrogens is 1. The van der Waals surface area contributed by atoms with Gasteiger partial charge in [0.15, 0.2) is 5.65 Å². The fraction of sp³-hybridized carbons (Fsp3) is 0.296. The minimum Gasteiger partial charge on any atom is -0.488 e. The maximum Gasteiger partial charge on any atom is 0.253 e. The molecular weight excluding hydrogens is 480 g/mol. The minimum atomic E-state index is -0.171. The molecule has 0 spiro atoms. The minimum absolute atomic E-state index is 0.00995. The molecule has 0 bridgehead atoms. The normalized spacial score (nSPS) is 14.2. The number of carbonyl (C=O) groups excluding carboxylic acids is 1. The first-order valence-electron chi connectivity index (χ1n) is 11.9. The molecule has 0 unspecified atom stereocenters. The summed E-state index contributed by atoms with van der Waals surface area (Å²) in [6.45, 7) is 3.92. The Balaban J connectivity index is 1.45. The number of likely N-dealkylation sites (tertiary alicyclic amines) is 1. The number of halogens is 1. The lowest BCUT2D eigenvalue weighted by Crippen LogP contribution is -2.27. The zero-order chi connectivity index (χ0) is 25.1. The van der Waals surface area contributed by atoms with Crippen molar-refractivity contribution < 1.29 is 19.0 Å². The standard InChI is InChI=1S/C27H27ClN4O4/c1-17(16-34-2)35-20-12-19(25-30-23-6-5-9-29-26(23)31-25)13-21(15-20)36-24-8-7-18(14-22(24)28)27(33)32-10-3-4-11-32/h5-9,12-15,17H,3-4,10-11,16H2,1-2H3,(H,29,30,31)/t17-/m0/s1. The van der Waals surface area contributed by atoms with E-state index in [1.807, 2.05) is 36.1 Å². The molecule has 186 valence electrons. The van der Waals surface area contributed by atoms with Crippen molar-refractivity contribution >= 4 is 28.7 Å². The van der Waals surface area contributed by atoms with Crippen molar-refractivity contribution in [3.63, 3.8) is 0 Å². The Hall–Kier alpha value is -3.62. The highest BCUT2D eigenvalue weighted by Crippen LogP contribution is 2.35. The summed E-state index contributed by atoms with van der Waals surface area (Å²) >= 11 is 6.54. The third kappa shape index (κ3) is 5.29. The largest absolute Gasteiger partial charge is 0.488 e. The molecule has 2 aromatic carbocycles. The number of imidazole rings is 1. The van der Waals surface area contributed by atoms with Crippen LogP contribution in [0.1, 0.15) is 30.1 Å². The Kier molecular flexibility index (Phi) is 7.06. The maximum atomic E-state index is 12.7. The first kappa shape index (κ1) is 24.1. The SMILES string of the molecule is COC[C@H](C)Oc1cc(Oc2ccc(C(=O)N3CCCC3)cc2Cl)cc(-c2nc3ncccc3[nH]2)c1. The summed E-state index contributed by atoms with van der Waals surface area (Å²) in [7, 11) is 1.63. The summed E-state index contributed by atoms with van der Waals surface area (Å²) in [6, 6.07) is 14.4. The van der Waals surface area contributed by atoms with Crippen LogP contribution in [-0.4, -0.2) is 58.7 Å².